The van der Waals surface area contributed by atoms with Crippen molar-refractivity contribution < 1.29 is 111 Å². The lowest BCUT2D eigenvalue weighted by Crippen LogP contribution is -2.62. The van der Waals surface area contributed by atoms with Crippen LogP contribution in [0, 0.1) is 0 Å². The highest BCUT2D eigenvalue weighted by Crippen LogP contribution is 2.17. The number of hydrogen-bond donors (Lipinski definition) is 19. The molecule has 1 saturated heterocycles. The van der Waals surface area contributed by atoms with Crippen molar-refractivity contribution in [2.24, 2.45) is 5.73 Å². The fourth-order valence-corrected chi connectivity index (χ4v) is 11.7. The van der Waals surface area contributed by atoms with Gasteiger partial charge in [0.05, 0.1) is 18.2 Å². The quantitative estimate of drug-likeness (QED) is 0.0310. The van der Waals surface area contributed by atoms with Crippen molar-refractivity contribution in [2.75, 3.05) is 39.3 Å². The number of alkyl carbamates (subject to hydrolysis) is 5. The first-order valence-corrected chi connectivity index (χ1v) is 42.5. The molecular formula is C81H147N17O23. The van der Waals surface area contributed by atoms with Crippen molar-refractivity contribution in [3.63, 3.8) is 0 Å². The maximum atomic E-state index is 15.4. The maximum Gasteiger partial charge on any atom is 0.407 e. The van der Waals surface area contributed by atoms with E-state index in [1.54, 1.807) is 104 Å². The zero-order valence-corrected chi connectivity index (χ0v) is 75.1. The summed E-state index contributed by atoms with van der Waals surface area (Å²) < 4.78 is 26.9. The zero-order valence-electron chi connectivity index (χ0n) is 75.1. The van der Waals surface area contributed by atoms with Crippen molar-refractivity contribution in [1.29, 1.82) is 0 Å². The van der Waals surface area contributed by atoms with Gasteiger partial charge < -0.3 is 125 Å². The van der Waals surface area contributed by atoms with Gasteiger partial charge in [-0.2, -0.15) is 0 Å². The van der Waals surface area contributed by atoms with Crippen LogP contribution in [0.3, 0.4) is 0 Å². The van der Waals surface area contributed by atoms with E-state index in [-0.39, 0.29) is 51.7 Å². The minimum Gasteiger partial charge on any atom is -0.444 e. The number of ether oxygens (including phenoxy) is 5. The number of aliphatic hydroxyl groups is 2. The Morgan fingerprint density at radius 3 is 1.10 bits per heavy atom. The molecule has 0 saturated carbocycles. The molecule has 0 bridgehead atoms. The highest BCUT2D eigenvalue weighted by Gasteiger charge is 2.39. The van der Waals surface area contributed by atoms with Gasteiger partial charge in [0, 0.05) is 39.3 Å². The summed E-state index contributed by atoms with van der Waals surface area (Å²) in [7, 11) is 0. The van der Waals surface area contributed by atoms with E-state index < -0.39 is 247 Å². The van der Waals surface area contributed by atoms with Crippen LogP contribution in [0.4, 0.5) is 24.0 Å². The van der Waals surface area contributed by atoms with E-state index in [1.165, 1.54) is 6.92 Å². The largest absolute Gasteiger partial charge is 0.444 e. The Kier molecular flexibility index (Phi) is 49.5. The molecule has 1 heterocycles. The Morgan fingerprint density at radius 1 is 0.388 bits per heavy atom. The molecule has 16 amide bonds. The molecule has 1 fully saturated rings. The summed E-state index contributed by atoms with van der Waals surface area (Å²) in [6, 6.07) is -18.4. The second-order valence-electron chi connectivity index (χ2n) is 35.2. The zero-order chi connectivity index (χ0) is 92.2. The van der Waals surface area contributed by atoms with Gasteiger partial charge in [-0.05, 0) is 175 Å². The molecule has 0 radical (unpaired) electrons. The third-order valence-corrected chi connectivity index (χ3v) is 17.9. The third kappa shape index (κ3) is 49.8. The Bertz CT molecular complexity index is 3330. The SMILES string of the molecule is CCCCCCCC[C@H](N)C(=O)N[C@@H](CCNC(=O)OC(C)(C)C)C(=O)N[C@H](C(=O)N[C@@H](CCNC(=O)OC(C)(C)C)C(=O)N[C@H]1CCNC(=O)[C@H]([C@@H](C)O)NC(=O)[C@H](CCNC(=O)OC(C)(C)C)NC(=O)[C@H](CCNC(=O)OC(C)(C)C)NC(=O)[C@H](CC)NC(=O)[C@@H](CCCCCCCC)NC(=O)[C@H](CCNC(=O)OC(C)(C)C)NC1=O)[C@@H](C)O. The van der Waals surface area contributed by atoms with E-state index >= 15 is 14.4 Å². The molecule has 13 atom stereocenters. The summed E-state index contributed by atoms with van der Waals surface area (Å²) in [5.74, 6) is -11.8. The van der Waals surface area contributed by atoms with E-state index in [1.807, 2.05) is 6.92 Å². The molecule has 0 aromatic carbocycles. The molecule has 694 valence electrons. The molecule has 121 heavy (non-hydrogen) atoms. The number of nitrogens with two attached hydrogens (primary N) is 1. The molecule has 1 rings (SSSR count). The number of nitrogens with one attached hydrogen (secondary N) is 16. The molecular weight excluding hydrogens is 1580 g/mol. The standard InChI is InChI=1S/C81H147N17O23/c1-21-24-26-28-30-32-34-50(82)61(101)90-57(40-46-87-75(115)120-80(15,16)17)68(108)98-60(49(5)100)71(111)96-56(39-45-86-74(114)119-79(12,13)14)67(107)93-53-36-42-83-70(110)59(48(4)99)97-69(109)58(41-47-88-76(116)121-81(18,19)20)95-66(106)54(37-43-84-72(112)117-77(6,7)8)92-62(102)51(23-3)89-63(103)52(35-33-31-29-27-25-22-2)91-64(104)55(94-65(53)105)38-44-85-73(113)118-78(9,10)11/h48-60,99-100H,21-47,82H2,1-20H3,(H,83,110)(H,84,112)(H,85,113)(H,86,114)(H,87,115)(H,88,116)(H,89,103)(H,90,101)(H,91,104)(H,92,102)(H,93,107)(H,94,105)(H,95,106)(H,96,111)(H,97,109)(H,98,108)/t48-,49-,50+,51+,52-,53+,54+,55+,56+,57+,58+,59+,60+/m1/s1. The van der Waals surface area contributed by atoms with Crippen LogP contribution in [0.2, 0.25) is 0 Å². The van der Waals surface area contributed by atoms with Gasteiger partial charge in [0.2, 0.25) is 65.0 Å². The molecule has 0 aromatic rings. The van der Waals surface area contributed by atoms with Gasteiger partial charge in [0.1, 0.15) is 88.4 Å². The Balaban J connectivity index is 4.50. The van der Waals surface area contributed by atoms with Crippen LogP contribution in [-0.2, 0) is 76.4 Å². The summed E-state index contributed by atoms with van der Waals surface area (Å²) in [4.78, 5) is 227. The number of amides is 16. The molecule has 0 unspecified atom stereocenters. The average molecular weight is 1730 g/mol. The fraction of sp³-hybridized carbons (Fsp3) is 0.802. The van der Waals surface area contributed by atoms with E-state index in [0.29, 0.717) is 19.3 Å². The van der Waals surface area contributed by atoms with Gasteiger partial charge in [-0.25, -0.2) is 24.0 Å². The first-order valence-electron chi connectivity index (χ1n) is 42.5. The molecule has 0 spiro atoms. The Hall–Kier alpha value is -9.60. The molecule has 0 aromatic heterocycles. The summed E-state index contributed by atoms with van der Waals surface area (Å²) >= 11 is 0. The summed E-state index contributed by atoms with van der Waals surface area (Å²) in [5, 5.41) is 63.1. The minimum atomic E-state index is -1.97. The third-order valence-electron chi connectivity index (χ3n) is 17.9. The monoisotopic (exact) mass is 1730 g/mol. The van der Waals surface area contributed by atoms with Crippen LogP contribution >= 0.6 is 0 Å². The number of aliphatic hydroxyl groups excluding tert-OH is 2. The van der Waals surface area contributed by atoms with Crippen LogP contribution in [0.15, 0.2) is 0 Å². The van der Waals surface area contributed by atoms with Gasteiger partial charge in [0.15, 0.2) is 0 Å². The van der Waals surface area contributed by atoms with Crippen LogP contribution in [0.1, 0.15) is 273 Å². The topological polar surface area (TPSA) is 578 Å². The van der Waals surface area contributed by atoms with Crippen LogP contribution in [-0.4, -0.2) is 252 Å². The number of hydrogen-bond acceptors (Lipinski definition) is 24. The van der Waals surface area contributed by atoms with Gasteiger partial charge in [-0.15, -0.1) is 0 Å². The smallest absolute Gasteiger partial charge is 0.407 e. The summed E-state index contributed by atoms with van der Waals surface area (Å²) in [5.41, 5.74) is 1.40. The van der Waals surface area contributed by atoms with Gasteiger partial charge in [0.25, 0.3) is 0 Å². The Morgan fingerprint density at radius 2 is 0.719 bits per heavy atom. The lowest BCUT2D eigenvalue weighted by Gasteiger charge is -2.29. The van der Waals surface area contributed by atoms with Crippen molar-refractivity contribution in [1.82, 2.24) is 85.1 Å². The van der Waals surface area contributed by atoms with E-state index in [9.17, 15) is 72.5 Å². The average Bonchev–Trinajstić information content (AvgIpc) is 1.78. The van der Waals surface area contributed by atoms with Crippen LogP contribution < -0.4 is 90.8 Å². The van der Waals surface area contributed by atoms with E-state index in [0.717, 1.165) is 71.6 Å². The molecule has 20 N–H and O–H groups in total. The molecule has 40 heteroatoms. The second-order valence-corrected chi connectivity index (χ2v) is 35.2. The molecule has 0 aliphatic carbocycles. The van der Waals surface area contributed by atoms with Crippen molar-refractivity contribution in [2.45, 2.75) is 380 Å². The van der Waals surface area contributed by atoms with E-state index in [4.69, 9.17) is 29.4 Å². The second kappa shape index (κ2) is 54.7. The van der Waals surface area contributed by atoms with Crippen molar-refractivity contribution >= 4 is 95.4 Å². The van der Waals surface area contributed by atoms with Gasteiger partial charge in [-0.1, -0.05) is 97.8 Å². The van der Waals surface area contributed by atoms with Crippen molar-refractivity contribution in [3.05, 3.63) is 0 Å². The number of rotatable bonds is 40. The fourth-order valence-electron chi connectivity index (χ4n) is 11.7. The Labute approximate surface area is 713 Å². The number of carbonyl (C=O) groups excluding carboxylic acids is 16. The van der Waals surface area contributed by atoms with Crippen LogP contribution in [0.25, 0.3) is 0 Å². The first-order chi connectivity index (χ1) is 56.2. The molecule has 1 aliphatic rings. The summed E-state index contributed by atoms with van der Waals surface area (Å²) in [6.45, 7) is 29.3. The predicted molar refractivity (Wildman–Crippen MR) is 449 cm³/mol. The minimum absolute atomic E-state index is 0.0635. The first kappa shape index (κ1) is 109. The highest BCUT2D eigenvalue weighted by molar-refractivity contribution is 5.99. The molecule has 40 nitrogen and oxygen atoms in total. The van der Waals surface area contributed by atoms with Gasteiger partial charge in [-0.3, -0.25) is 52.7 Å². The normalized spacial score (nSPS) is 19.9. The molecule has 1 aliphatic heterocycles. The maximum absolute atomic E-state index is 15.4. The van der Waals surface area contributed by atoms with Crippen molar-refractivity contribution in [3.8, 4) is 0 Å². The predicted octanol–water partition coefficient (Wildman–Crippen LogP) is 2.93. The lowest BCUT2D eigenvalue weighted by atomic mass is 10.0. The number of carbonyl (C=O) groups is 16. The van der Waals surface area contributed by atoms with E-state index in [2.05, 4.69) is 92.0 Å². The highest BCUT2D eigenvalue weighted by atomic mass is 16.6. The summed E-state index contributed by atoms with van der Waals surface area (Å²) in [6.07, 6.45) is -1.42. The van der Waals surface area contributed by atoms with Crippen LogP contribution in [0.5, 0.6) is 0 Å². The lowest BCUT2D eigenvalue weighted by molar-refractivity contribution is -0.137. The number of unbranched alkanes of at least 4 members (excludes halogenated alkanes) is 10. The van der Waals surface area contributed by atoms with Gasteiger partial charge >= 0.3 is 30.5 Å².